The molecule has 0 aliphatic carbocycles. The molecule has 2 unspecified atom stereocenters. The molecule has 0 bridgehead atoms. The van der Waals surface area contributed by atoms with Gasteiger partial charge in [0, 0.05) is 0 Å². The van der Waals surface area contributed by atoms with Crippen molar-refractivity contribution < 1.29 is 0 Å². The Labute approximate surface area is 219 Å². The molecule has 0 spiro atoms. The van der Waals surface area contributed by atoms with Gasteiger partial charge in [-0.2, -0.15) is 0 Å². The minimum Gasteiger partial charge on any atom is -0.0654 e. The van der Waals surface area contributed by atoms with E-state index in [-0.39, 0.29) is 0 Å². The van der Waals surface area contributed by atoms with Crippen LogP contribution in [-0.2, 0) is 0 Å². The molecule has 0 heteroatoms. The van der Waals surface area contributed by atoms with Crippen LogP contribution in [0.15, 0.2) is 0 Å². The summed E-state index contributed by atoms with van der Waals surface area (Å²) in [5.41, 5.74) is 0. The molecule has 0 aromatic rings. The molecule has 0 rings (SSSR count). The SMILES string of the molecule is CCCCCCCCCCCCCCCCC(C)CCCCCC(C)CCCCCCCCC. The molecule has 0 aromatic heterocycles. The molecular formula is C34H70. The van der Waals surface area contributed by atoms with Crippen molar-refractivity contribution in [3.63, 3.8) is 0 Å². The highest BCUT2D eigenvalue weighted by Crippen LogP contribution is 2.21. The minimum atomic E-state index is 0.961. The summed E-state index contributed by atoms with van der Waals surface area (Å²) in [5.74, 6) is 1.92. The average molecular weight is 479 g/mol. The first-order chi connectivity index (χ1) is 16.7. The third-order valence-electron chi connectivity index (χ3n) is 8.24. The first kappa shape index (κ1) is 34.0. The van der Waals surface area contributed by atoms with Gasteiger partial charge in [-0.05, 0) is 11.8 Å². The van der Waals surface area contributed by atoms with E-state index in [4.69, 9.17) is 0 Å². The maximum absolute atomic E-state index is 2.51. The maximum Gasteiger partial charge on any atom is -0.0443 e. The molecule has 0 saturated heterocycles. The first-order valence-electron chi connectivity index (χ1n) is 16.7. The second-order valence-corrected chi connectivity index (χ2v) is 12.1. The number of hydrogen-bond donors (Lipinski definition) is 0. The van der Waals surface area contributed by atoms with E-state index in [0.29, 0.717) is 0 Å². The highest BCUT2D eigenvalue weighted by atomic mass is 14.1. The molecule has 34 heavy (non-hydrogen) atoms. The van der Waals surface area contributed by atoms with E-state index >= 15 is 0 Å². The van der Waals surface area contributed by atoms with Crippen molar-refractivity contribution >= 4 is 0 Å². The van der Waals surface area contributed by atoms with Crippen LogP contribution in [0.1, 0.15) is 207 Å². The van der Waals surface area contributed by atoms with E-state index in [9.17, 15) is 0 Å². The Morgan fingerprint density at radius 2 is 0.441 bits per heavy atom. The zero-order valence-electron chi connectivity index (χ0n) is 25.0. The lowest BCUT2D eigenvalue weighted by molar-refractivity contribution is 0.407. The number of hydrogen-bond acceptors (Lipinski definition) is 0. The van der Waals surface area contributed by atoms with Gasteiger partial charge in [-0.3, -0.25) is 0 Å². The first-order valence-corrected chi connectivity index (χ1v) is 16.7. The van der Waals surface area contributed by atoms with Crippen molar-refractivity contribution in [2.45, 2.75) is 207 Å². The lowest BCUT2D eigenvalue weighted by atomic mass is 9.93. The third kappa shape index (κ3) is 28.2. The van der Waals surface area contributed by atoms with E-state index in [1.165, 1.54) is 180 Å². The Morgan fingerprint density at radius 3 is 0.676 bits per heavy atom. The summed E-state index contributed by atoms with van der Waals surface area (Å²) in [4.78, 5) is 0. The van der Waals surface area contributed by atoms with Gasteiger partial charge in [-0.15, -0.1) is 0 Å². The summed E-state index contributed by atoms with van der Waals surface area (Å²) in [7, 11) is 0. The van der Waals surface area contributed by atoms with E-state index in [1.807, 2.05) is 0 Å². The Balaban J connectivity index is 3.24. The van der Waals surface area contributed by atoms with Crippen LogP contribution >= 0.6 is 0 Å². The summed E-state index contributed by atoms with van der Waals surface area (Å²) >= 11 is 0. The van der Waals surface area contributed by atoms with Crippen LogP contribution < -0.4 is 0 Å². The molecule has 0 heterocycles. The fraction of sp³-hybridized carbons (Fsp3) is 1.00. The number of rotatable bonds is 29. The highest BCUT2D eigenvalue weighted by Gasteiger charge is 2.05. The topological polar surface area (TPSA) is 0 Å². The molecule has 0 aliphatic rings. The Hall–Kier alpha value is 0. The summed E-state index contributed by atoms with van der Waals surface area (Å²) in [5, 5.41) is 0. The molecular weight excluding hydrogens is 408 g/mol. The quantitative estimate of drug-likeness (QED) is 0.0937. The van der Waals surface area contributed by atoms with Gasteiger partial charge in [0.15, 0.2) is 0 Å². The monoisotopic (exact) mass is 479 g/mol. The van der Waals surface area contributed by atoms with Crippen molar-refractivity contribution in [1.29, 1.82) is 0 Å². The predicted octanol–water partition coefficient (Wildman–Crippen LogP) is 13.2. The van der Waals surface area contributed by atoms with Crippen molar-refractivity contribution in [3.8, 4) is 0 Å². The van der Waals surface area contributed by atoms with Crippen molar-refractivity contribution in [2.75, 3.05) is 0 Å². The Morgan fingerprint density at radius 1 is 0.265 bits per heavy atom. The van der Waals surface area contributed by atoms with Crippen LogP contribution in [0.2, 0.25) is 0 Å². The van der Waals surface area contributed by atoms with Crippen LogP contribution in [0.5, 0.6) is 0 Å². The average Bonchev–Trinajstić information content (AvgIpc) is 2.83. The normalized spacial score (nSPS) is 13.4. The summed E-state index contributed by atoms with van der Waals surface area (Å²) < 4.78 is 0. The summed E-state index contributed by atoms with van der Waals surface area (Å²) in [6.45, 7) is 9.62. The molecule has 0 nitrogen and oxygen atoms in total. The molecule has 0 N–H and O–H groups in total. The summed E-state index contributed by atoms with van der Waals surface area (Å²) in [6.07, 6.45) is 41.1. The van der Waals surface area contributed by atoms with Crippen molar-refractivity contribution in [1.82, 2.24) is 0 Å². The van der Waals surface area contributed by atoms with Crippen molar-refractivity contribution in [2.24, 2.45) is 11.8 Å². The molecule has 0 aliphatic heterocycles. The van der Waals surface area contributed by atoms with Crippen LogP contribution in [0.4, 0.5) is 0 Å². The number of unbranched alkanes of at least 4 members (excludes halogenated alkanes) is 21. The molecule has 0 saturated carbocycles. The van der Waals surface area contributed by atoms with E-state index in [0.717, 1.165) is 11.8 Å². The second-order valence-electron chi connectivity index (χ2n) is 12.1. The molecule has 206 valence electrons. The molecule has 0 aromatic carbocycles. The zero-order chi connectivity index (χ0) is 25.0. The lowest BCUT2D eigenvalue weighted by Crippen LogP contribution is -1.97. The fourth-order valence-electron chi connectivity index (χ4n) is 5.59. The van der Waals surface area contributed by atoms with Crippen molar-refractivity contribution in [3.05, 3.63) is 0 Å². The maximum atomic E-state index is 2.51. The highest BCUT2D eigenvalue weighted by molar-refractivity contribution is 4.58. The molecule has 0 amide bonds. The summed E-state index contributed by atoms with van der Waals surface area (Å²) in [6, 6.07) is 0. The smallest absolute Gasteiger partial charge is 0.0443 e. The van der Waals surface area contributed by atoms with Gasteiger partial charge in [-0.1, -0.05) is 207 Å². The largest absolute Gasteiger partial charge is 0.0654 e. The third-order valence-corrected chi connectivity index (χ3v) is 8.24. The Kier molecular flexibility index (Phi) is 29.2. The predicted molar refractivity (Wildman–Crippen MR) is 159 cm³/mol. The van der Waals surface area contributed by atoms with Gasteiger partial charge in [-0.25, -0.2) is 0 Å². The standard InChI is InChI=1S/C34H70/c1-5-7-9-11-13-14-15-16-17-18-19-21-23-26-30-34(4)32-28-24-27-31-33(3)29-25-22-20-12-10-8-6-2/h33-34H,5-32H2,1-4H3. The molecule has 0 fully saturated rings. The van der Waals surface area contributed by atoms with Gasteiger partial charge >= 0.3 is 0 Å². The molecule has 0 radical (unpaired) electrons. The van der Waals surface area contributed by atoms with E-state index in [1.54, 1.807) is 0 Å². The fourth-order valence-corrected chi connectivity index (χ4v) is 5.59. The van der Waals surface area contributed by atoms with Gasteiger partial charge in [0.2, 0.25) is 0 Å². The van der Waals surface area contributed by atoms with Gasteiger partial charge in [0.25, 0.3) is 0 Å². The van der Waals surface area contributed by atoms with Gasteiger partial charge in [0.1, 0.15) is 0 Å². The zero-order valence-corrected chi connectivity index (χ0v) is 25.0. The second kappa shape index (κ2) is 29.2. The van der Waals surface area contributed by atoms with E-state index in [2.05, 4.69) is 27.7 Å². The van der Waals surface area contributed by atoms with Gasteiger partial charge in [0.05, 0.1) is 0 Å². The van der Waals surface area contributed by atoms with E-state index < -0.39 is 0 Å². The van der Waals surface area contributed by atoms with Gasteiger partial charge < -0.3 is 0 Å². The minimum absolute atomic E-state index is 0.961. The van der Waals surface area contributed by atoms with Crippen LogP contribution in [0.3, 0.4) is 0 Å². The molecule has 2 atom stereocenters. The Bertz CT molecular complexity index is 346. The van der Waals surface area contributed by atoms with Crippen LogP contribution in [-0.4, -0.2) is 0 Å². The van der Waals surface area contributed by atoms with Crippen LogP contribution in [0.25, 0.3) is 0 Å². The van der Waals surface area contributed by atoms with Crippen LogP contribution in [0, 0.1) is 11.8 Å². The lowest BCUT2D eigenvalue weighted by Gasteiger charge is -2.13.